The topological polar surface area (TPSA) is 56.7 Å². The monoisotopic (exact) mass is 158 g/mol. The van der Waals surface area contributed by atoms with Gasteiger partial charge in [0.25, 0.3) is 0 Å². The molecular formula is C5H10N4S. The van der Waals surface area contributed by atoms with Gasteiger partial charge in [-0.2, -0.15) is 0 Å². The van der Waals surface area contributed by atoms with Crippen LogP contribution in [-0.2, 0) is 7.05 Å². The summed E-state index contributed by atoms with van der Waals surface area (Å²) in [6.45, 7) is 0.678. The average Bonchev–Trinajstić information content (AvgIpc) is 2.31. The average molecular weight is 158 g/mol. The third-order valence-electron chi connectivity index (χ3n) is 1.02. The minimum atomic E-state index is 0.678. The van der Waals surface area contributed by atoms with E-state index in [1.165, 1.54) is 0 Å². The van der Waals surface area contributed by atoms with Crippen LogP contribution < -0.4 is 5.73 Å². The molecule has 0 spiro atoms. The molecule has 0 amide bonds. The normalized spacial score (nSPS) is 10.2. The Morgan fingerprint density at radius 3 is 3.10 bits per heavy atom. The van der Waals surface area contributed by atoms with E-state index in [1.807, 2.05) is 11.6 Å². The van der Waals surface area contributed by atoms with Gasteiger partial charge in [0.1, 0.15) is 6.33 Å². The maximum Gasteiger partial charge on any atom is 0.190 e. The number of rotatable bonds is 3. The number of aromatic nitrogens is 3. The summed E-state index contributed by atoms with van der Waals surface area (Å²) in [6, 6.07) is 0. The van der Waals surface area contributed by atoms with Gasteiger partial charge in [-0.3, -0.25) is 0 Å². The maximum atomic E-state index is 5.32. The molecule has 56 valence electrons. The van der Waals surface area contributed by atoms with Crippen molar-refractivity contribution in [3.05, 3.63) is 6.33 Å². The smallest absolute Gasteiger partial charge is 0.190 e. The third kappa shape index (κ3) is 1.71. The van der Waals surface area contributed by atoms with Gasteiger partial charge in [0.05, 0.1) is 0 Å². The highest BCUT2D eigenvalue weighted by atomic mass is 32.2. The van der Waals surface area contributed by atoms with Gasteiger partial charge in [-0.25, -0.2) is 0 Å². The van der Waals surface area contributed by atoms with Crippen LogP contribution in [0, 0.1) is 0 Å². The van der Waals surface area contributed by atoms with Crippen molar-refractivity contribution in [3.8, 4) is 0 Å². The molecule has 0 saturated heterocycles. The highest BCUT2D eigenvalue weighted by Gasteiger charge is 1.97. The molecule has 0 fully saturated rings. The van der Waals surface area contributed by atoms with Gasteiger partial charge in [0, 0.05) is 19.3 Å². The zero-order valence-electron chi connectivity index (χ0n) is 5.82. The van der Waals surface area contributed by atoms with Crippen LogP contribution in [0.3, 0.4) is 0 Å². The number of nitrogens with zero attached hydrogens (tertiary/aromatic N) is 3. The van der Waals surface area contributed by atoms with E-state index in [-0.39, 0.29) is 0 Å². The number of aryl methyl sites for hydroxylation is 1. The summed E-state index contributed by atoms with van der Waals surface area (Å²) in [5, 5.41) is 8.52. The van der Waals surface area contributed by atoms with E-state index in [9.17, 15) is 0 Å². The first-order valence-electron chi connectivity index (χ1n) is 3.01. The van der Waals surface area contributed by atoms with Crippen LogP contribution in [0.2, 0.25) is 0 Å². The molecule has 4 nitrogen and oxygen atoms in total. The Balaban J connectivity index is 2.49. The zero-order chi connectivity index (χ0) is 7.40. The van der Waals surface area contributed by atoms with Crippen molar-refractivity contribution < 1.29 is 0 Å². The molecule has 0 aliphatic carbocycles. The van der Waals surface area contributed by atoms with Crippen molar-refractivity contribution in [2.24, 2.45) is 12.8 Å². The SMILES string of the molecule is Cn1cnnc1SCCN. The first-order valence-corrected chi connectivity index (χ1v) is 4.00. The Morgan fingerprint density at radius 1 is 1.80 bits per heavy atom. The molecule has 0 saturated carbocycles. The first kappa shape index (κ1) is 7.56. The molecule has 0 radical (unpaired) electrons. The summed E-state index contributed by atoms with van der Waals surface area (Å²) >= 11 is 1.62. The minimum absolute atomic E-state index is 0.678. The lowest BCUT2D eigenvalue weighted by Crippen LogP contribution is -2.02. The molecule has 10 heavy (non-hydrogen) atoms. The second-order valence-electron chi connectivity index (χ2n) is 1.86. The van der Waals surface area contributed by atoms with Crippen LogP contribution in [0.4, 0.5) is 0 Å². The molecule has 0 unspecified atom stereocenters. The van der Waals surface area contributed by atoms with Gasteiger partial charge in [-0.1, -0.05) is 11.8 Å². The maximum absolute atomic E-state index is 5.32. The van der Waals surface area contributed by atoms with Gasteiger partial charge in [0.2, 0.25) is 0 Å². The van der Waals surface area contributed by atoms with Crippen molar-refractivity contribution in [3.63, 3.8) is 0 Å². The molecule has 0 aromatic carbocycles. The van der Waals surface area contributed by atoms with Crippen molar-refractivity contribution in [2.75, 3.05) is 12.3 Å². The fraction of sp³-hybridized carbons (Fsp3) is 0.600. The molecule has 5 heteroatoms. The lowest BCUT2D eigenvalue weighted by atomic mass is 10.8. The first-order chi connectivity index (χ1) is 4.84. The summed E-state index contributed by atoms with van der Waals surface area (Å²) in [7, 11) is 1.92. The largest absolute Gasteiger partial charge is 0.330 e. The highest BCUT2D eigenvalue weighted by molar-refractivity contribution is 7.99. The minimum Gasteiger partial charge on any atom is -0.330 e. The predicted molar refractivity (Wildman–Crippen MR) is 40.8 cm³/mol. The van der Waals surface area contributed by atoms with Crippen LogP contribution in [0.25, 0.3) is 0 Å². The second-order valence-corrected chi connectivity index (χ2v) is 2.92. The number of thioether (sulfide) groups is 1. The predicted octanol–water partition coefficient (Wildman–Crippen LogP) is -0.134. The lowest BCUT2D eigenvalue weighted by molar-refractivity contribution is 0.788. The van der Waals surface area contributed by atoms with E-state index in [0.717, 1.165) is 10.9 Å². The van der Waals surface area contributed by atoms with E-state index in [0.29, 0.717) is 6.54 Å². The fourth-order valence-electron chi connectivity index (χ4n) is 0.553. The Labute approximate surface area is 63.8 Å². The van der Waals surface area contributed by atoms with Gasteiger partial charge in [0.15, 0.2) is 5.16 Å². The van der Waals surface area contributed by atoms with E-state index in [4.69, 9.17) is 5.73 Å². The summed E-state index contributed by atoms with van der Waals surface area (Å²) in [5.41, 5.74) is 5.32. The molecule has 0 atom stereocenters. The Bertz CT molecular complexity index is 197. The fourth-order valence-corrected chi connectivity index (χ4v) is 1.21. The van der Waals surface area contributed by atoms with Gasteiger partial charge in [-0.05, 0) is 0 Å². The summed E-state index contributed by atoms with van der Waals surface area (Å²) in [4.78, 5) is 0. The number of hydrogen-bond acceptors (Lipinski definition) is 4. The Kier molecular flexibility index (Phi) is 2.70. The molecule has 1 aromatic rings. The molecule has 0 bridgehead atoms. The molecule has 0 aliphatic heterocycles. The van der Waals surface area contributed by atoms with Gasteiger partial charge >= 0.3 is 0 Å². The van der Waals surface area contributed by atoms with E-state index in [1.54, 1.807) is 18.1 Å². The van der Waals surface area contributed by atoms with Crippen LogP contribution in [0.5, 0.6) is 0 Å². The summed E-state index contributed by atoms with van der Waals surface area (Å²) < 4.78 is 1.88. The van der Waals surface area contributed by atoms with E-state index >= 15 is 0 Å². The van der Waals surface area contributed by atoms with Gasteiger partial charge in [-0.15, -0.1) is 10.2 Å². The van der Waals surface area contributed by atoms with Crippen LogP contribution >= 0.6 is 11.8 Å². The molecule has 0 aliphatic rings. The van der Waals surface area contributed by atoms with Crippen molar-refractivity contribution >= 4 is 11.8 Å². The third-order valence-corrected chi connectivity index (χ3v) is 2.09. The second kappa shape index (κ2) is 3.58. The quantitative estimate of drug-likeness (QED) is 0.622. The van der Waals surface area contributed by atoms with Crippen LogP contribution in [0.15, 0.2) is 11.5 Å². The summed E-state index contributed by atoms with van der Waals surface area (Å²) in [6.07, 6.45) is 1.68. The molecule has 1 heterocycles. The molecule has 1 rings (SSSR count). The van der Waals surface area contributed by atoms with Crippen LogP contribution in [-0.4, -0.2) is 27.1 Å². The lowest BCUT2D eigenvalue weighted by Gasteiger charge is -1.95. The zero-order valence-corrected chi connectivity index (χ0v) is 6.64. The Hall–Kier alpha value is -0.550. The van der Waals surface area contributed by atoms with E-state index in [2.05, 4.69) is 10.2 Å². The van der Waals surface area contributed by atoms with Crippen molar-refractivity contribution in [2.45, 2.75) is 5.16 Å². The molecule has 2 N–H and O–H groups in total. The highest BCUT2D eigenvalue weighted by Crippen LogP contribution is 2.11. The van der Waals surface area contributed by atoms with Crippen molar-refractivity contribution in [1.82, 2.24) is 14.8 Å². The number of hydrogen-bond donors (Lipinski definition) is 1. The van der Waals surface area contributed by atoms with Gasteiger partial charge < -0.3 is 10.3 Å². The standard InChI is InChI=1S/C5H10N4S/c1-9-4-7-8-5(9)10-3-2-6/h4H,2-3,6H2,1H3. The Morgan fingerprint density at radius 2 is 2.60 bits per heavy atom. The number of nitrogens with two attached hydrogens (primary N) is 1. The van der Waals surface area contributed by atoms with Crippen molar-refractivity contribution in [1.29, 1.82) is 0 Å². The van der Waals surface area contributed by atoms with E-state index < -0.39 is 0 Å². The molecule has 1 aromatic heterocycles. The van der Waals surface area contributed by atoms with Crippen LogP contribution in [0.1, 0.15) is 0 Å². The molecular weight excluding hydrogens is 148 g/mol. The summed E-state index contributed by atoms with van der Waals surface area (Å²) in [5.74, 6) is 0.895.